The average molecular weight is 442 g/mol. The van der Waals surface area contributed by atoms with Gasteiger partial charge in [-0.3, -0.25) is 0 Å². The molecule has 12 heteroatoms. The smallest absolute Gasteiger partial charge is 0.453 e. The van der Waals surface area contributed by atoms with E-state index in [1.165, 1.54) is 12.1 Å². The number of nitrogens with one attached hydrogen (secondary N) is 2. The molecule has 0 fully saturated rings. The Morgan fingerprint density at radius 2 is 1.97 bits per heavy atom. The first-order chi connectivity index (χ1) is 14.3. The maximum Gasteiger partial charge on any atom is 0.573 e. The predicted octanol–water partition coefficient (Wildman–Crippen LogP) is 5.25. The molecule has 4 rings (SSSR count). The zero-order valence-electron chi connectivity index (χ0n) is 14.9. The monoisotopic (exact) mass is 441 g/mol. The molecule has 0 saturated heterocycles. The first-order valence-corrected chi connectivity index (χ1v) is 8.85. The molecular weight excluding hydrogens is 430 g/mol. The van der Waals surface area contributed by atoms with Crippen molar-refractivity contribution in [1.82, 2.24) is 20.6 Å². The predicted molar refractivity (Wildman–Crippen MR) is 99.7 cm³/mol. The van der Waals surface area contributed by atoms with Crippen LogP contribution in [0.25, 0.3) is 22.6 Å². The van der Waals surface area contributed by atoms with Gasteiger partial charge in [0.05, 0.1) is 0 Å². The van der Waals surface area contributed by atoms with Crippen LogP contribution >= 0.6 is 11.6 Å². The van der Waals surface area contributed by atoms with Crippen molar-refractivity contribution in [2.75, 3.05) is 5.32 Å². The summed E-state index contributed by atoms with van der Waals surface area (Å²) in [7, 11) is 0. The van der Waals surface area contributed by atoms with Gasteiger partial charge < -0.3 is 14.5 Å². The van der Waals surface area contributed by atoms with Crippen molar-refractivity contribution >= 4 is 28.3 Å². The number of ether oxygens (including phenoxy) is 1. The van der Waals surface area contributed by atoms with Gasteiger partial charge in [-0.05, 0) is 52.4 Å². The van der Waals surface area contributed by atoms with E-state index < -0.39 is 18.8 Å². The van der Waals surface area contributed by atoms with Crippen molar-refractivity contribution < 1.29 is 26.7 Å². The fraction of sp³-hybridized carbons (Fsp3) is 0.167. The molecule has 0 amide bonds. The van der Waals surface area contributed by atoms with Gasteiger partial charge in [0.1, 0.15) is 18.0 Å². The van der Waals surface area contributed by atoms with Crippen LogP contribution in [-0.4, -0.2) is 27.0 Å². The molecule has 0 spiro atoms. The summed E-state index contributed by atoms with van der Waals surface area (Å²) in [6.45, 7) is -0.890. The van der Waals surface area contributed by atoms with Crippen LogP contribution in [0.5, 0.6) is 5.75 Å². The van der Waals surface area contributed by atoms with Gasteiger partial charge in [-0.15, -0.1) is 18.3 Å². The fourth-order valence-electron chi connectivity index (χ4n) is 2.83. The summed E-state index contributed by atoms with van der Waals surface area (Å²) in [4.78, 5) is 0. The number of rotatable bonds is 6. The Morgan fingerprint density at radius 3 is 2.67 bits per heavy atom. The molecule has 7 nitrogen and oxygen atoms in total. The van der Waals surface area contributed by atoms with Crippen molar-refractivity contribution in [3.05, 3.63) is 52.5 Å². The minimum atomic E-state index is -4.90. The number of nitrogens with zero attached hydrogens (tertiary/aromatic N) is 3. The molecular formula is C18H12ClF4N5O2. The summed E-state index contributed by atoms with van der Waals surface area (Å²) in [5.74, 6) is 0.214. The molecule has 0 aliphatic carbocycles. The topological polar surface area (TPSA) is 88.9 Å². The SMILES string of the molecule is FCc1cc(NCc2cc3oc(-c4nnn[nH]4)cc3cc2Cl)ccc1OC(F)(F)F. The van der Waals surface area contributed by atoms with Crippen molar-refractivity contribution in [1.29, 1.82) is 0 Å². The van der Waals surface area contributed by atoms with E-state index in [0.717, 1.165) is 11.5 Å². The molecule has 0 aliphatic rings. The van der Waals surface area contributed by atoms with Crippen LogP contribution in [0.3, 0.4) is 0 Å². The number of hydrogen-bond acceptors (Lipinski definition) is 6. The van der Waals surface area contributed by atoms with Crippen LogP contribution < -0.4 is 10.1 Å². The second-order valence-corrected chi connectivity index (χ2v) is 6.61. The quantitative estimate of drug-likeness (QED) is 0.397. The van der Waals surface area contributed by atoms with E-state index in [9.17, 15) is 17.6 Å². The van der Waals surface area contributed by atoms with E-state index in [-0.39, 0.29) is 12.1 Å². The van der Waals surface area contributed by atoms with Gasteiger partial charge in [0.2, 0.25) is 5.82 Å². The summed E-state index contributed by atoms with van der Waals surface area (Å²) in [5.41, 5.74) is 1.38. The van der Waals surface area contributed by atoms with Gasteiger partial charge in [0.15, 0.2) is 5.76 Å². The van der Waals surface area contributed by atoms with Crippen LogP contribution in [-0.2, 0) is 13.2 Å². The number of furan rings is 1. The average Bonchev–Trinajstić information content (AvgIpc) is 3.35. The minimum absolute atomic E-state index is 0.222. The molecule has 2 N–H and O–H groups in total. The Kier molecular flexibility index (Phi) is 5.20. The Hall–Kier alpha value is -3.34. The molecule has 30 heavy (non-hydrogen) atoms. The summed E-state index contributed by atoms with van der Waals surface area (Å²) in [5, 5.41) is 17.5. The third kappa shape index (κ3) is 4.30. The molecule has 0 aliphatic heterocycles. The molecule has 0 atom stereocenters. The molecule has 0 saturated carbocycles. The number of benzene rings is 2. The van der Waals surface area contributed by atoms with E-state index in [1.807, 2.05) is 0 Å². The lowest BCUT2D eigenvalue weighted by atomic mass is 10.1. The van der Waals surface area contributed by atoms with Crippen LogP contribution in [0.4, 0.5) is 23.2 Å². The molecule has 0 unspecified atom stereocenters. The number of alkyl halides is 4. The number of H-pyrrole nitrogens is 1. The van der Waals surface area contributed by atoms with Crippen molar-refractivity contribution in [2.24, 2.45) is 0 Å². The van der Waals surface area contributed by atoms with Gasteiger partial charge in [-0.2, -0.15) is 0 Å². The second-order valence-electron chi connectivity index (χ2n) is 6.20. The number of tetrazole rings is 1. The zero-order valence-corrected chi connectivity index (χ0v) is 15.7. The van der Waals surface area contributed by atoms with E-state index in [1.54, 1.807) is 18.2 Å². The highest BCUT2D eigenvalue weighted by Gasteiger charge is 2.32. The zero-order chi connectivity index (χ0) is 21.3. The number of fused-ring (bicyclic) bond motifs is 1. The van der Waals surface area contributed by atoms with Crippen LogP contribution in [0.15, 0.2) is 40.8 Å². The number of anilines is 1. The van der Waals surface area contributed by atoms with E-state index in [0.29, 0.717) is 33.4 Å². The Balaban J connectivity index is 1.53. The number of hydrogen-bond donors (Lipinski definition) is 2. The van der Waals surface area contributed by atoms with Gasteiger partial charge in [-0.1, -0.05) is 11.6 Å². The molecule has 4 aromatic rings. The van der Waals surface area contributed by atoms with E-state index >= 15 is 0 Å². The Bertz CT molecular complexity index is 1180. The lowest BCUT2D eigenvalue weighted by molar-refractivity contribution is -0.275. The van der Waals surface area contributed by atoms with Crippen molar-refractivity contribution in [3.63, 3.8) is 0 Å². The number of aromatic nitrogens is 4. The van der Waals surface area contributed by atoms with Crippen LogP contribution in [0.1, 0.15) is 11.1 Å². The van der Waals surface area contributed by atoms with Crippen LogP contribution in [0, 0.1) is 0 Å². The van der Waals surface area contributed by atoms with Gasteiger partial charge in [0, 0.05) is 28.2 Å². The van der Waals surface area contributed by atoms with Gasteiger partial charge in [0.25, 0.3) is 0 Å². The Morgan fingerprint density at radius 1 is 1.13 bits per heavy atom. The third-order valence-corrected chi connectivity index (χ3v) is 4.53. The minimum Gasteiger partial charge on any atom is -0.453 e. The highest BCUT2D eigenvalue weighted by Crippen LogP contribution is 2.32. The highest BCUT2D eigenvalue weighted by molar-refractivity contribution is 6.32. The normalized spacial score (nSPS) is 11.8. The van der Waals surface area contributed by atoms with Gasteiger partial charge >= 0.3 is 6.36 Å². The molecule has 2 aromatic carbocycles. The summed E-state index contributed by atoms with van der Waals surface area (Å²) >= 11 is 6.33. The third-order valence-electron chi connectivity index (χ3n) is 4.18. The lowest BCUT2D eigenvalue weighted by Crippen LogP contribution is -2.18. The van der Waals surface area contributed by atoms with Crippen molar-refractivity contribution in [2.45, 2.75) is 19.6 Å². The summed E-state index contributed by atoms with van der Waals surface area (Å²) < 4.78 is 59.9. The van der Waals surface area contributed by atoms with E-state index in [2.05, 4.69) is 30.7 Å². The summed E-state index contributed by atoms with van der Waals surface area (Å²) in [6.07, 6.45) is -4.90. The first kappa shape index (κ1) is 20.0. The molecule has 0 radical (unpaired) electrons. The van der Waals surface area contributed by atoms with Gasteiger partial charge in [-0.25, -0.2) is 9.49 Å². The second kappa shape index (κ2) is 7.82. The lowest BCUT2D eigenvalue weighted by Gasteiger charge is -2.14. The standard InChI is InChI=1S/C18H12ClF4N5O2/c19-13-4-9-5-16(17-25-27-28-26-17)29-15(9)6-11(13)8-24-12-1-2-14(10(3-12)7-20)30-18(21,22)23/h1-6,24H,7-8H2,(H,25,26,27,28). The maximum atomic E-state index is 13.1. The molecule has 0 bridgehead atoms. The summed E-state index contributed by atoms with van der Waals surface area (Å²) in [6, 6.07) is 8.81. The first-order valence-electron chi connectivity index (χ1n) is 8.47. The fourth-order valence-corrected chi connectivity index (χ4v) is 3.07. The highest BCUT2D eigenvalue weighted by atomic mass is 35.5. The van der Waals surface area contributed by atoms with E-state index in [4.69, 9.17) is 16.0 Å². The maximum absolute atomic E-state index is 13.1. The largest absolute Gasteiger partial charge is 0.573 e. The Labute approximate surface area is 171 Å². The molecule has 2 aromatic heterocycles. The van der Waals surface area contributed by atoms with Crippen molar-refractivity contribution in [3.8, 4) is 17.3 Å². The molecule has 2 heterocycles. The number of aromatic amines is 1. The molecule has 156 valence electrons. The van der Waals surface area contributed by atoms with Crippen LogP contribution in [0.2, 0.25) is 5.02 Å². The number of halogens is 5.